The summed E-state index contributed by atoms with van der Waals surface area (Å²) in [5.41, 5.74) is 5.14. The monoisotopic (exact) mass is 404 g/mol. The molecule has 1 unspecified atom stereocenters. The molecule has 7 heteroatoms. The number of nitrogens with one attached hydrogen (secondary N) is 1. The Bertz CT molecular complexity index is 1050. The molecule has 3 aromatic rings. The zero-order valence-electron chi connectivity index (χ0n) is 18.0. The van der Waals surface area contributed by atoms with Crippen molar-refractivity contribution >= 4 is 17.4 Å². The van der Waals surface area contributed by atoms with E-state index in [1.165, 1.54) is 0 Å². The Morgan fingerprint density at radius 1 is 1.00 bits per heavy atom. The van der Waals surface area contributed by atoms with Gasteiger partial charge < -0.3 is 10.2 Å². The second-order valence-electron chi connectivity index (χ2n) is 8.22. The summed E-state index contributed by atoms with van der Waals surface area (Å²) in [4.78, 5) is 23.9. The van der Waals surface area contributed by atoms with Crippen LogP contribution in [0.25, 0.3) is 5.82 Å². The van der Waals surface area contributed by atoms with E-state index in [1.807, 2.05) is 56.6 Å². The number of hydrogen-bond acceptors (Lipinski definition) is 5. The second-order valence-corrected chi connectivity index (χ2v) is 8.22. The average Bonchev–Trinajstić information content (AvgIpc) is 3.05. The van der Waals surface area contributed by atoms with Crippen LogP contribution in [0.2, 0.25) is 0 Å². The molecule has 1 fully saturated rings. The number of carbonyl (C=O) groups excluding carboxylic acids is 1. The third-order valence-corrected chi connectivity index (χ3v) is 5.47. The first kappa shape index (κ1) is 20.1. The highest BCUT2D eigenvalue weighted by Crippen LogP contribution is 2.24. The number of rotatable bonds is 4. The topological polar surface area (TPSA) is 75.9 Å². The Balaban J connectivity index is 1.49. The van der Waals surface area contributed by atoms with E-state index >= 15 is 0 Å². The first-order valence-electron chi connectivity index (χ1n) is 10.4. The van der Waals surface area contributed by atoms with Gasteiger partial charge in [-0.3, -0.25) is 4.79 Å². The molecule has 156 valence electrons. The van der Waals surface area contributed by atoms with E-state index in [9.17, 15) is 4.79 Å². The standard InChI is InChI=1S/C23H28N6O/c1-15-8-16(2)10-20(9-15)26-23(30)19-6-5-7-28(13-19)21-12-22(25-14-24-21)29-18(4)11-17(3)27-29/h8-12,14,19H,5-7,13H2,1-4H3,(H,26,30). The van der Waals surface area contributed by atoms with Crippen molar-refractivity contribution in [3.8, 4) is 5.82 Å². The fourth-order valence-corrected chi connectivity index (χ4v) is 4.18. The molecule has 1 amide bonds. The number of aryl methyl sites for hydroxylation is 4. The van der Waals surface area contributed by atoms with Crippen molar-refractivity contribution in [3.05, 3.63) is 59.2 Å². The van der Waals surface area contributed by atoms with Crippen LogP contribution in [0.5, 0.6) is 0 Å². The van der Waals surface area contributed by atoms with E-state index < -0.39 is 0 Å². The Morgan fingerprint density at radius 2 is 1.73 bits per heavy atom. The molecule has 1 atom stereocenters. The van der Waals surface area contributed by atoms with Crippen molar-refractivity contribution in [2.45, 2.75) is 40.5 Å². The van der Waals surface area contributed by atoms with Gasteiger partial charge in [-0.2, -0.15) is 5.10 Å². The van der Waals surface area contributed by atoms with E-state index in [0.717, 1.165) is 59.2 Å². The molecule has 7 nitrogen and oxygen atoms in total. The van der Waals surface area contributed by atoms with Crippen LogP contribution >= 0.6 is 0 Å². The van der Waals surface area contributed by atoms with Crippen molar-refractivity contribution in [2.24, 2.45) is 5.92 Å². The Labute approximate surface area is 177 Å². The van der Waals surface area contributed by atoms with Gasteiger partial charge in [0.1, 0.15) is 12.1 Å². The number of hydrogen-bond donors (Lipinski definition) is 1. The molecule has 1 aliphatic heterocycles. The number of amides is 1. The summed E-state index contributed by atoms with van der Waals surface area (Å²) in [5, 5.41) is 7.61. The van der Waals surface area contributed by atoms with Gasteiger partial charge in [-0.25, -0.2) is 14.6 Å². The smallest absolute Gasteiger partial charge is 0.229 e. The predicted octanol–water partition coefficient (Wildman–Crippen LogP) is 3.75. The third-order valence-electron chi connectivity index (χ3n) is 5.47. The highest BCUT2D eigenvalue weighted by Gasteiger charge is 2.27. The Morgan fingerprint density at radius 3 is 2.43 bits per heavy atom. The van der Waals surface area contributed by atoms with Crippen LogP contribution in [0.3, 0.4) is 0 Å². The fourth-order valence-electron chi connectivity index (χ4n) is 4.18. The van der Waals surface area contributed by atoms with Crippen molar-refractivity contribution in [1.82, 2.24) is 19.7 Å². The van der Waals surface area contributed by atoms with E-state index in [4.69, 9.17) is 0 Å². The normalized spacial score (nSPS) is 16.5. The molecule has 1 saturated heterocycles. The number of nitrogens with zero attached hydrogens (tertiary/aromatic N) is 5. The molecule has 1 aromatic carbocycles. The first-order valence-corrected chi connectivity index (χ1v) is 10.4. The SMILES string of the molecule is Cc1cc(C)cc(NC(=O)C2CCCN(c3cc(-n4nc(C)cc4C)ncn3)C2)c1. The number of benzene rings is 1. The molecule has 1 N–H and O–H groups in total. The summed E-state index contributed by atoms with van der Waals surface area (Å²) in [6.07, 6.45) is 3.40. The molecular formula is C23H28N6O. The van der Waals surface area contributed by atoms with Gasteiger partial charge in [0, 0.05) is 30.5 Å². The van der Waals surface area contributed by atoms with Crippen LogP contribution in [-0.4, -0.2) is 38.7 Å². The van der Waals surface area contributed by atoms with E-state index in [0.29, 0.717) is 6.54 Å². The van der Waals surface area contributed by atoms with Crippen molar-refractivity contribution in [1.29, 1.82) is 0 Å². The maximum absolute atomic E-state index is 12.9. The number of carbonyl (C=O) groups is 1. The molecule has 30 heavy (non-hydrogen) atoms. The van der Waals surface area contributed by atoms with Gasteiger partial charge in [-0.05, 0) is 69.9 Å². The molecule has 0 spiro atoms. The summed E-state index contributed by atoms with van der Waals surface area (Å²) in [7, 11) is 0. The molecule has 3 heterocycles. The van der Waals surface area contributed by atoms with Crippen LogP contribution in [0.4, 0.5) is 11.5 Å². The van der Waals surface area contributed by atoms with Gasteiger partial charge in [0.2, 0.25) is 5.91 Å². The highest BCUT2D eigenvalue weighted by molar-refractivity contribution is 5.93. The van der Waals surface area contributed by atoms with Crippen LogP contribution in [0.15, 0.2) is 36.7 Å². The van der Waals surface area contributed by atoms with Crippen LogP contribution in [-0.2, 0) is 4.79 Å². The minimum Gasteiger partial charge on any atom is -0.356 e. The van der Waals surface area contributed by atoms with Crippen LogP contribution in [0.1, 0.15) is 35.4 Å². The molecule has 0 bridgehead atoms. The highest BCUT2D eigenvalue weighted by atomic mass is 16.1. The van der Waals surface area contributed by atoms with Crippen molar-refractivity contribution in [2.75, 3.05) is 23.3 Å². The fraction of sp³-hybridized carbons (Fsp3) is 0.391. The lowest BCUT2D eigenvalue weighted by Crippen LogP contribution is -2.41. The maximum atomic E-state index is 12.9. The quantitative estimate of drug-likeness (QED) is 0.717. The summed E-state index contributed by atoms with van der Waals surface area (Å²) in [6.45, 7) is 9.58. The molecular weight excluding hydrogens is 376 g/mol. The average molecular weight is 405 g/mol. The lowest BCUT2D eigenvalue weighted by atomic mass is 9.97. The second kappa shape index (κ2) is 8.26. The summed E-state index contributed by atoms with van der Waals surface area (Å²) in [6, 6.07) is 10.1. The number of aromatic nitrogens is 4. The minimum atomic E-state index is -0.0772. The van der Waals surface area contributed by atoms with Gasteiger partial charge in [-0.15, -0.1) is 0 Å². The maximum Gasteiger partial charge on any atom is 0.229 e. The van der Waals surface area contributed by atoms with Gasteiger partial charge in [0.05, 0.1) is 11.6 Å². The summed E-state index contributed by atoms with van der Waals surface area (Å²) < 4.78 is 1.83. The van der Waals surface area contributed by atoms with Gasteiger partial charge in [-0.1, -0.05) is 6.07 Å². The van der Waals surface area contributed by atoms with Crippen LogP contribution < -0.4 is 10.2 Å². The number of anilines is 2. The van der Waals surface area contributed by atoms with E-state index in [-0.39, 0.29) is 11.8 Å². The van der Waals surface area contributed by atoms with Crippen molar-refractivity contribution < 1.29 is 4.79 Å². The lowest BCUT2D eigenvalue weighted by Gasteiger charge is -2.33. The largest absolute Gasteiger partial charge is 0.356 e. The Kier molecular flexibility index (Phi) is 5.53. The molecule has 2 aromatic heterocycles. The predicted molar refractivity (Wildman–Crippen MR) is 118 cm³/mol. The molecule has 0 radical (unpaired) electrons. The van der Waals surface area contributed by atoms with Crippen LogP contribution in [0, 0.1) is 33.6 Å². The summed E-state index contributed by atoms with van der Waals surface area (Å²) >= 11 is 0. The molecule has 0 saturated carbocycles. The molecule has 1 aliphatic rings. The lowest BCUT2D eigenvalue weighted by molar-refractivity contribution is -0.120. The van der Waals surface area contributed by atoms with Gasteiger partial charge in [0.15, 0.2) is 5.82 Å². The Hall–Kier alpha value is -3.22. The molecule has 0 aliphatic carbocycles. The minimum absolute atomic E-state index is 0.0672. The zero-order valence-corrected chi connectivity index (χ0v) is 18.0. The van der Waals surface area contributed by atoms with E-state index in [2.05, 4.69) is 31.3 Å². The van der Waals surface area contributed by atoms with Crippen molar-refractivity contribution in [3.63, 3.8) is 0 Å². The zero-order chi connectivity index (χ0) is 21.3. The third kappa shape index (κ3) is 4.35. The van der Waals surface area contributed by atoms with Gasteiger partial charge in [0.25, 0.3) is 0 Å². The number of piperidine rings is 1. The molecule has 4 rings (SSSR count). The first-order chi connectivity index (χ1) is 14.4. The van der Waals surface area contributed by atoms with E-state index in [1.54, 1.807) is 6.33 Å². The van der Waals surface area contributed by atoms with Gasteiger partial charge >= 0.3 is 0 Å². The summed E-state index contributed by atoms with van der Waals surface area (Å²) in [5.74, 6) is 1.56.